The van der Waals surface area contributed by atoms with E-state index < -0.39 is 30.8 Å². The Hall–Kier alpha value is -2.28. The van der Waals surface area contributed by atoms with Gasteiger partial charge in [-0.2, -0.15) is 0 Å². The van der Waals surface area contributed by atoms with Gasteiger partial charge in [0.1, 0.15) is 11.9 Å². The van der Waals surface area contributed by atoms with E-state index in [2.05, 4.69) is 15.3 Å². The van der Waals surface area contributed by atoms with Crippen LogP contribution in [0.4, 0.5) is 0 Å². The van der Waals surface area contributed by atoms with Crippen molar-refractivity contribution in [2.45, 2.75) is 103 Å². The number of aromatic nitrogens is 2. The Morgan fingerprint density at radius 2 is 1.82 bits per heavy atom. The molecule has 0 bridgehead atoms. The third-order valence-corrected chi connectivity index (χ3v) is 8.76. The number of hydrogen-bond acceptors (Lipinski definition) is 8. The molecule has 2 aliphatic heterocycles. The summed E-state index contributed by atoms with van der Waals surface area (Å²) in [6.45, 7) is 12.0. The van der Waals surface area contributed by atoms with Crippen molar-refractivity contribution in [1.82, 2.24) is 20.3 Å². The Labute approximate surface area is 230 Å². The predicted molar refractivity (Wildman–Crippen MR) is 146 cm³/mol. The van der Waals surface area contributed by atoms with Gasteiger partial charge in [-0.15, -0.1) is 0 Å². The number of imidazole rings is 1. The maximum Gasteiger partial charge on any atom is 0.494 e. The Kier molecular flexibility index (Phi) is 7.45. The van der Waals surface area contributed by atoms with Crippen LogP contribution < -0.4 is 10.8 Å². The number of nitrogens with one attached hydrogen (secondary N) is 2. The van der Waals surface area contributed by atoms with Gasteiger partial charge in [0.25, 0.3) is 5.91 Å². The van der Waals surface area contributed by atoms with Crippen molar-refractivity contribution in [2.24, 2.45) is 5.92 Å². The van der Waals surface area contributed by atoms with Crippen LogP contribution in [0.1, 0.15) is 79.1 Å². The van der Waals surface area contributed by atoms with Gasteiger partial charge in [0.15, 0.2) is 0 Å². The van der Waals surface area contributed by atoms with E-state index in [0.29, 0.717) is 12.2 Å². The number of aliphatic hydroxyl groups excluding tert-OH is 1. The van der Waals surface area contributed by atoms with Gasteiger partial charge < -0.3 is 24.1 Å². The second-order valence-corrected chi connectivity index (χ2v) is 12.4. The van der Waals surface area contributed by atoms with E-state index in [1.165, 1.54) is 12.2 Å². The van der Waals surface area contributed by atoms with Crippen LogP contribution in [0, 0.1) is 5.92 Å². The summed E-state index contributed by atoms with van der Waals surface area (Å²) in [6, 6.07) is 7.01. The summed E-state index contributed by atoms with van der Waals surface area (Å²) in [5.41, 5.74) is 1.62. The molecule has 39 heavy (non-hydrogen) atoms. The Bertz CT molecular complexity index is 1160. The van der Waals surface area contributed by atoms with E-state index in [0.717, 1.165) is 36.0 Å². The minimum atomic E-state index is -1.25. The van der Waals surface area contributed by atoms with E-state index >= 15 is 0 Å². The summed E-state index contributed by atoms with van der Waals surface area (Å²) in [5.74, 6) is 0.325. The van der Waals surface area contributed by atoms with Gasteiger partial charge in [0, 0.05) is 13.5 Å². The third kappa shape index (κ3) is 5.28. The number of carbonyl (C=O) groups is 1. The van der Waals surface area contributed by atoms with Gasteiger partial charge in [0.2, 0.25) is 6.41 Å². The number of hydroxylamine groups is 2. The third-order valence-electron chi connectivity index (χ3n) is 8.76. The van der Waals surface area contributed by atoms with Crippen LogP contribution >= 0.6 is 0 Å². The molecular formula is C28H41BN4O6. The van der Waals surface area contributed by atoms with Crippen LogP contribution in [-0.4, -0.2) is 69.5 Å². The molecule has 1 aromatic heterocycles. The fourth-order valence-electron chi connectivity index (χ4n) is 5.38. The van der Waals surface area contributed by atoms with Crippen molar-refractivity contribution < 1.29 is 28.8 Å². The van der Waals surface area contributed by atoms with Crippen LogP contribution in [0.5, 0.6) is 0 Å². The summed E-state index contributed by atoms with van der Waals surface area (Å²) in [7, 11) is 0.957. The first-order chi connectivity index (χ1) is 18.3. The fraction of sp³-hybridized carbons (Fsp3) is 0.643. The minimum absolute atomic E-state index is 0.0980. The van der Waals surface area contributed by atoms with Gasteiger partial charge >= 0.3 is 7.12 Å². The largest absolute Gasteiger partial charge is 0.494 e. The standard InChI is InChI=1S/C28H41BN4O6/c1-17(2)22(32-25(35)36-7)24(34)33-21(15-28(39-33)13-8-14-28)23-30-16-20(31-23)18-9-11-19(12-10-18)29-37-26(3,4)27(5,6)38-29/h9-12,16-17,21-22,25,32,35H,8,13-15H2,1-7H3,(H,30,31)/t21-,22-,25?/m0/s1. The highest BCUT2D eigenvalue weighted by Gasteiger charge is 2.54. The maximum atomic E-state index is 13.7. The van der Waals surface area contributed by atoms with Gasteiger partial charge in [0.05, 0.1) is 34.7 Å². The Morgan fingerprint density at radius 3 is 2.36 bits per heavy atom. The molecule has 11 heteroatoms. The Morgan fingerprint density at radius 1 is 1.18 bits per heavy atom. The monoisotopic (exact) mass is 540 g/mol. The van der Waals surface area contributed by atoms with Crippen LogP contribution in [-0.2, 0) is 23.7 Å². The molecule has 2 aromatic rings. The lowest BCUT2D eigenvalue weighted by atomic mass is 9.77. The summed E-state index contributed by atoms with van der Waals surface area (Å²) in [4.78, 5) is 28.1. The summed E-state index contributed by atoms with van der Waals surface area (Å²) >= 11 is 0. The molecule has 3 heterocycles. The number of ether oxygens (including phenoxy) is 1. The van der Waals surface area contributed by atoms with Gasteiger partial charge in [-0.25, -0.2) is 10.0 Å². The number of aliphatic hydroxyl groups is 1. The van der Waals surface area contributed by atoms with Crippen LogP contribution in [0.3, 0.4) is 0 Å². The molecule has 1 spiro atoms. The zero-order chi connectivity index (χ0) is 28.2. The van der Waals surface area contributed by atoms with E-state index in [-0.39, 0.29) is 23.5 Å². The lowest BCUT2D eigenvalue weighted by Gasteiger charge is -2.37. The molecule has 5 rings (SSSR count). The number of H-pyrrole nitrogens is 1. The smallest absolute Gasteiger partial charge is 0.399 e. The summed E-state index contributed by atoms with van der Waals surface area (Å²) in [5, 5.41) is 14.3. The first-order valence-electron chi connectivity index (χ1n) is 13.8. The van der Waals surface area contributed by atoms with Gasteiger partial charge in [-0.3, -0.25) is 14.9 Å². The fourth-order valence-corrected chi connectivity index (χ4v) is 5.38. The average molecular weight is 540 g/mol. The normalized spacial score (nSPS) is 24.8. The lowest BCUT2D eigenvalue weighted by molar-refractivity contribution is -0.231. The van der Waals surface area contributed by atoms with Crippen molar-refractivity contribution in [3.05, 3.63) is 36.3 Å². The van der Waals surface area contributed by atoms with E-state index in [4.69, 9.17) is 18.9 Å². The molecule has 1 aromatic carbocycles. The molecule has 3 N–H and O–H groups in total. The highest BCUT2D eigenvalue weighted by molar-refractivity contribution is 6.62. The average Bonchev–Trinajstić information content (AvgIpc) is 3.56. The SMILES string of the molecule is COC(O)N[C@H](C(=O)N1OC2(CCC2)C[C@H]1c1ncc(-c2ccc(B3OC(C)(C)C(C)(C)O3)cc2)[nH]1)C(C)C. The molecule has 3 aliphatic rings. The molecule has 1 amide bonds. The number of rotatable bonds is 8. The number of amides is 1. The second-order valence-electron chi connectivity index (χ2n) is 12.4. The second kappa shape index (κ2) is 10.3. The van der Waals surface area contributed by atoms with Crippen molar-refractivity contribution >= 4 is 18.5 Å². The van der Waals surface area contributed by atoms with Crippen LogP contribution in [0.25, 0.3) is 11.3 Å². The maximum absolute atomic E-state index is 13.7. The zero-order valence-corrected chi connectivity index (χ0v) is 24.0. The van der Waals surface area contributed by atoms with E-state index in [1.807, 2.05) is 65.8 Å². The molecule has 10 nitrogen and oxygen atoms in total. The van der Waals surface area contributed by atoms with Crippen molar-refractivity contribution in [3.63, 3.8) is 0 Å². The lowest BCUT2D eigenvalue weighted by Crippen LogP contribution is -2.53. The summed E-state index contributed by atoms with van der Waals surface area (Å²) in [6.07, 6.45) is 4.09. The molecule has 1 unspecified atom stereocenters. The quantitative estimate of drug-likeness (QED) is 0.346. The highest BCUT2D eigenvalue weighted by Crippen LogP contribution is 2.50. The number of carbonyl (C=O) groups excluding carboxylic acids is 1. The van der Waals surface area contributed by atoms with E-state index in [9.17, 15) is 9.90 Å². The molecule has 3 fully saturated rings. The molecule has 2 saturated heterocycles. The molecule has 1 aliphatic carbocycles. The zero-order valence-electron chi connectivity index (χ0n) is 24.0. The molecular weight excluding hydrogens is 499 g/mol. The number of hydrogen-bond donors (Lipinski definition) is 3. The van der Waals surface area contributed by atoms with Gasteiger partial charge in [-0.1, -0.05) is 38.1 Å². The molecule has 212 valence electrons. The number of methoxy groups -OCH3 is 1. The van der Waals surface area contributed by atoms with E-state index in [1.54, 1.807) is 6.20 Å². The number of benzene rings is 1. The van der Waals surface area contributed by atoms with Crippen molar-refractivity contribution in [3.8, 4) is 11.3 Å². The first-order valence-corrected chi connectivity index (χ1v) is 13.8. The molecule has 3 atom stereocenters. The van der Waals surface area contributed by atoms with Gasteiger partial charge in [-0.05, 0) is 63.9 Å². The van der Waals surface area contributed by atoms with Crippen LogP contribution in [0.2, 0.25) is 0 Å². The number of aromatic amines is 1. The Balaban J connectivity index is 1.35. The minimum Gasteiger partial charge on any atom is -0.399 e. The number of nitrogens with zero attached hydrogens (tertiary/aromatic N) is 2. The van der Waals surface area contributed by atoms with Crippen LogP contribution in [0.15, 0.2) is 30.5 Å². The molecule has 1 saturated carbocycles. The first kappa shape index (κ1) is 28.3. The molecule has 0 radical (unpaired) electrons. The summed E-state index contributed by atoms with van der Waals surface area (Å²) < 4.78 is 17.3. The van der Waals surface area contributed by atoms with Crippen molar-refractivity contribution in [1.29, 1.82) is 0 Å². The topological polar surface area (TPSA) is 118 Å². The highest BCUT2D eigenvalue weighted by atomic mass is 16.7. The predicted octanol–water partition coefficient (Wildman–Crippen LogP) is 3.04. The van der Waals surface area contributed by atoms with Crippen molar-refractivity contribution in [2.75, 3.05) is 7.11 Å².